The van der Waals surface area contributed by atoms with E-state index >= 15 is 0 Å². The van der Waals surface area contributed by atoms with E-state index in [2.05, 4.69) is 22.2 Å². The van der Waals surface area contributed by atoms with Crippen LogP contribution in [0.3, 0.4) is 0 Å². The highest BCUT2D eigenvalue weighted by atomic mass is 16.2. The van der Waals surface area contributed by atoms with Gasteiger partial charge in [-0.3, -0.25) is 9.59 Å². The quantitative estimate of drug-likeness (QED) is 0.784. The van der Waals surface area contributed by atoms with Gasteiger partial charge in [-0.1, -0.05) is 12.2 Å². The molecule has 0 radical (unpaired) electrons. The minimum Gasteiger partial charge on any atom is -0.370 e. The zero-order chi connectivity index (χ0) is 16.5. The van der Waals surface area contributed by atoms with Crippen LogP contribution in [-0.2, 0) is 11.3 Å². The Morgan fingerprint density at radius 2 is 1.79 bits per heavy atom. The Morgan fingerprint density at radius 1 is 1.12 bits per heavy atom. The summed E-state index contributed by atoms with van der Waals surface area (Å²) in [4.78, 5) is 28.9. The van der Waals surface area contributed by atoms with Gasteiger partial charge in [-0.2, -0.15) is 5.10 Å². The van der Waals surface area contributed by atoms with Gasteiger partial charge >= 0.3 is 0 Å². The van der Waals surface area contributed by atoms with Gasteiger partial charge in [0.25, 0.3) is 5.56 Å². The standard InChI is InChI=1S/C18H24N4O2/c23-17-9-16(20-7-3-4-8-20)10-19-22(17)13-18(24)21-11-14-5-1-2-6-15(14)12-21/h1-2,9-10,14-15H,3-8,11-13H2. The molecule has 2 aliphatic heterocycles. The molecule has 6 heteroatoms. The Labute approximate surface area is 141 Å². The van der Waals surface area contributed by atoms with Crippen LogP contribution in [-0.4, -0.2) is 46.8 Å². The summed E-state index contributed by atoms with van der Waals surface area (Å²) in [6, 6.07) is 1.61. The zero-order valence-corrected chi connectivity index (χ0v) is 13.9. The van der Waals surface area contributed by atoms with Crippen molar-refractivity contribution in [3.05, 3.63) is 34.8 Å². The molecule has 0 bridgehead atoms. The number of hydrogen-bond acceptors (Lipinski definition) is 4. The van der Waals surface area contributed by atoms with Crippen molar-refractivity contribution in [2.75, 3.05) is 31.1 Å². The lowest BCUT2D eigenvalue weighted by Gasteiger charge is -2.18. The van der Waals surface area contributed by atoms with E-state index < -0.39 is 0 Å². The van der Waals surface area contributed by atoms with Gasteiger partial charge in [-0.05, 0) is 37.5 Å². The maximum atomic E-state index is 12.5. The largest absolute Gasteiger partial charge is 0.370 e. The molecule has 1 amide bonds. The Balaban J connectivity index is 1.41. The maximum absolute atomic E-state index is 12.5. The molecule has 0 saturated carbocycles. The van der Waals surface area contributed by atoms with E-state index in [9.17, 15) is 9.59 Å². The third-order valence-corrected chi connectivity index (χ3v) is 5.58. The van der Waals surface area contributed by atoms with E-state index in [4.69, 9.17) is 0 Å². The number of hydrogen-bond donors (Lipinski definition) is 0. The lowest BCUT2D eigenvalue weighted by Crippen LogP contribution is -2.36. The van der Waals surface area contributed by atoms with Crippen molar-refractivity contribution in [1.82, 2.24) is 14.7 Å². The van der Waals surface area contributed by atoms with Crippen LogP contribution in [0.25, 0.3) is 0 Å². The average Bonchev–Trinajstić information content (AvgIpc) is 3.26. The van der Waals surface area contributed by atoms with Crippen LogP contribution < -0.4 is 10.5 Å². The van der Waals surface area contributed by atoms with E-state index in [0.29, 0.717) is 11.8 Å². The second-order valence-electron chi connectivity index (χ2n) is 7.17. The summed E-state index contributed by atoms with van der Waals surface area (Å²) in [5.74, 6) is 1.18. The summed E-state index contributed by atoms with van der Waals surface area (Å²) in [6.45, 7) is 3.64. The summed E-state index contributed by atoms with van der Waals surface area (Å²) < 4.78 is 1.29. The number of rotatable bonds is 3. The van der Waals surface area contributed by atoms with Crippen molar-refractivity contribution in [3.63, 3.8) is 0 Å². The molecular formula is C18H24N4O2. The van der Waals surface area contributed by atoms with Gasteiger partial charge in [-0.25, -0.2) is 4.68 Å². The van der Waals surface area contributed by atoms with E-state index in [1.807, 2.05) is 4.90 Å². The fourth-order valence-electron chi connectivity index (χ4n) is 4.14. The lowest BCUT2D eigenvalue weighted by molar-refractivity contribution is -0.131. The minimum atomic E-state index is -0.189. The summed E-state index contributed by atoms with van der Waals surface area (Å²) in [5.41, 5.74) is 0.686. The molecule has 4 rings (SSSR count). The summed E-state index contributed by atoms with van der Waals surface area (Å²) >= 11 is 0. The molecular weight excluding hydrogens is 304 g/mol. The summed E-state index contributed by atoms with van der Waals surface area (Å²) in [7, 11) is 0. The van der Waals surface area contributed by atoms with Crippen LogP contribution in [0.2, 0.25) is 0 Å². The maximum Gasteiger partial charge on any atom is 0.269 e. The van der Waals surface area contributed by atoms with E-state index in [-0.39, 0.29) is 18.0 Å². The fraction of sp³-hybridized carbons (Fsp3) is 0.611. The van der Waals surface area contributed by atoms with Gasteiger partial charge in [0.1, 0.15) is 6.54 Å². The van der Waals surface area contributed by atoms with Crippen LogP contribution in [0.5, 0.6) is 0 Å². The Bertz CT molecular complexity index is 689. The van der Waals surface area contributed by atoms with Gasteiger partial charge in [-0.15, -0.1) is 0 Å². The Morgan fingerprint density at radius 3 is 2.42 bits per heavy atom. The number of amides is 1. The number of nitrogens with zero attached hydrogens (tertiary/aromatic N) is 4. The predicted octanol–water partition coefficient (Wildman–Crippen LogP) is 1.27. The topological polar surface area (TPSA) is 58.4 Å². The number of carbonyl (C=O) groups is 1. The van der Waals surface area contributed by atoms with Crippen molar-refractivity contribution in [2.45, 2.75) is 32.2 Å². The number of anilines is 1. The minimum absolute atomic E-state index is 0.00734. The first kappa shape index (κ1) is 15.4. The molecule has 128 valence electrons. The molecule has 1 aromatic heterocycles. The van der Waals surface area contributed by atoms with Crippen molar-refractivity contribution in [3.8, 4) is 0 Å². The van der Waals surface area contributed by atoms with Gasteiger partial charge < -0.3 is 9.80 Å². The van der Waals surface area contributed by atoms with E-state index in [1.54, 1.807) is 12.3 Å². The van der Waals surface area contributed by atoms with E-state index in [0.717, 1.165) is 57.5 Å². The summed E-state index contributed by atoms with van der Waals surface area (Å²) in [6.07, 6.45) is 10.6. The third-order valence-electron chi connectivity index (χ3n) is 5.58. The highest BCUT2D eigenvalue weighted by Crippen LogP contribution is 2.32. The van der Waals surface area contributed by atoms with Crippen LogP contribution in [0.15, 0.2) is 29.2 Å². The molecule has 1 aromatic rings. The van der Waals surface area contributed by atoms with Crippen molar-refractivity contribution < 1.29 is 4.79 Å². The van der Waals surface area contributed by atoms with Crippen LogP contribution in [0, 0.1) is 11.8 Å². The smallest absolute Gasteiger partial charge is 0.269 e. The molecule has 6 nitrogen and oxygen atoms in total. The van der Waals surface area contributed by atoms with Crippen molar-refractivity contribution in [2.24, 2.45) is 11.8 Å². The average molecular weight is 328 g/mol. The molecule has 24 heavy (non-hydrogen) atoms. The Kier molecular flexibility index (Phi) is 4.12. The first-order valence-corrected chi connectivity index (χ1v) is 8.95. The highest BCUT2D eigenvalue weighted by Gasteiger charge is 2.35. The number of likely N-dealkylation sites (tertiary alicyclic amines) is 1. The van der Waals surface area contributed by atoms with Gasteiger partial charge in [0.15, 0.2) is 0 Å². The molecule has 0 aromatic carbocycles. The molecule has 1 aliphatic carbocycles. The number of allylic oxidation sites excluding steroid dienone is 2. The third kappa shape index (κ3) is 2.97. The highest BCUT2D eigenvalue weighted by molar-refractivity contribution is 5.76. The molecule has 3 aliphatic rings. The van der Waals surface area contributed by atoms with Gasteiger partial charge in [0, 0.05) is 32.2 Å². The zero-order valence-electron chi connectivity index (χ0n) is 13.9. The SMILES string of the molecule is O=C(Cn1ncc(N2CCCC2)cc1=O)N1CC2CC=CCC2C1. The molecule has 2 unspecified atom stereocenters. The predicted molar refractivity (Wildman–Crippen MR) is 91.9 cm³/mol. The first-order chi connectivity index (χ1) is 11.7. The number of fused-ring (bicyclic) bond motifs is 1. The molecule has 2 atom stereocenters. The van der Waals surface area contributed by atoms with Crippen molar-refractivity contribution in [1.29, 1.82) is 0 Å². The molecule has 3 heterocycles. The normalized spacial score (nSPS) is 26.0. The number of aromatic nitrogens is 2. The lowest BCUT2D eigenvalue weighted by atomic mass is 9.86. The van der Waals surface area contributed by atoms with E-state index in [1.165, 1.54) is 4.68 Å². The molecule has 2 fully saturated rings. The van der Waals surface area contributed by atoms with Crippen molar-refractivity contribution >= 4 is 11.6 Å². The molecule has 0 N–H and O–H groups in total. The second-order valence-corrected chi connectivity index (χ2v) is 7.17. The number of carbonyl (C=O) groups excluding carboxylic acids is 1. The van der Waals surface area contributed by atoms with Crippen LogP contribution in [0.1, 0.15) is 25.7 Å². The Hall–Kier alpha value is -2.11. The van der Waals surface area contributed by atoms with Crippen LogP contribution in [0.4, 0.5) is 5.69 Å². The van der Waals surface area contributed by atoms with Crippen LogP contribution >= 0.6 is 0 Å². The molecule has 2 saturated heterocycles. The summed E-state index contributed by atoms with van der Waals surface area (Å²) in [5, 5.41) is 4.23. The molecule has 0 spiro atoms. The first-order valence-electron chi connectivity index (χ1n) is 8.95. The van der Waals surface area contributed by atoms with Gasteiger partial charge in [0.05, 0.1) is 11.9 Å². The second kappa shape index (κ2) is 6.42. The van der Waals surface area contributed by atoms with Gasteiger partial charge in [0.2, 0.25) is 5.91 Å². The monoisotopic (exact) mass is 328 g/mol. The fourth-order valence-corrected chi connectivity index (χ4v) is 4.14.